The summed E-state index contributed by atoms with van der Waals surface area (Å²) in [6.45, 7) is 0. The second-order valence-corrected chi connectivity index (χ2v) is 6.02. The Kier molecular flexibility index (Phi) is 4.76. The van der Waals surface area contributed by atoms with E-state index in [1.807, 2.05) is 6.26 Å². The zero-order valence-electron chi connectivity index (χ0n) is 11.3. The number of benzene rings is 1. The Hall–Kier alpha value is -1.70. The van der Waals surface area contributed by atoms with Crippen LogP contribution in [-0.2, 0) is 0 Å². The van der Waals surface area contributed by atoms with Gasteiger partial charge in [0.25, 0.3) is 5.91 Å². The molecular formula is C13H14F2N2O3S. The molecule has 0 aliphatic heterocycles. The molecule has 0 bridgehead atoms. The van der Waals surface area contributed by atoms with Gasteiger partial charge in [-0.05, 0) is 31.6 Å². The van der Waals surface area contributed by atoms with E-state index in [1.165, 1.54) is 0 Å². The number of hydrogen-bond acceptors (Lipinski definition) is 4. The van der Waals surface area contributed by atoms with Crippen molar-refractivity contribution in [3.05, 3.63) is 39.4 Å². The van der Waals surface area contributed by atoms with Crippen molar-refractivity contribution in [1.82, 2.24) is 5.32 Å². The van der Waals surface area contributed by atoms with Gasteiger partial charge in [0.2, 0.25) is 5.82 Å². The minimum absolute atomic E-state index is 0.0763. The summed E-state index contributed by atoms with van der Waals surface area (Å²) in [5.41, 5.74) is -1.49. The molecule has 1 fully saturated rings. The van der Waals surface area contributed by atoms with Crippen molar-refractivity contribution in [1.29, 1.82) is 0 Å². The summed E-state index contributed by atoms with van der Waals surface area (Å²) < 4.78 is 27.2. The van der Waals surface area contributed by atoms with Crippen LogP contribution in [0.5, 0.6) is 0 Å². The lowest BCUT2D eigenvalue weighted by Gasteiger charge is -2.13. The molecule has 2 rings (SSSR count). The molecule has 0 radical (unpaired) electrons. The summed E-state index contributed by atoms with van der Waals surface area (Å²) in [5, 5.41) is 13.6. The standard InChI is InChI=1S/C13H14F2N2O3S/c1-21-8-3-2-7(4-8)16-13(18)9-5-11(15)12(17(19)20)6-10(9)14/h5-8H,2-4H2,1H3,(H,16,18)/t7-,8-/m1/s1. The Bertz CT molecular complexity index is 583. The number of hydrogen-bond donors (Lipinski definition) is 1. The highest BCUT2D eigenvalue weighted by Crippen LogP contribution is 2.28. The predicted octanol–water partition coefficient (Wildman–Crippen LogP) is 2.89. The summed E-state index contributed by atoms with van der Waals surface area (Å²) >= 11 is 1.71. The van der Waals surface area contributed by atoms with Crippen molar-refractivity contribution < 1.29 is 18.5 Å². The van der Waals surface area contributed by atoms with Crippen LogP contribution in [0.1, 0.15) is 29.6 Å². The number of rotatable bonds is 4. The van der Waals surface area contributed by atoms with Crippen LogP contribution in [-0.4, -0.2) is 28.4 Å². The van der Waals surface area contributed by atoms with Crippen molar-refractivity contribution in [3.63, 3.8) is 0 Å². The highest BCUT2D eigenvalue weighted by atomic mass is 32.2. The minimum Gasteiger partial charge on any atom is -0.349 e. The largest absolute Gasteiger partial charge is 0.349 e. The van der Waals surface area contributed by atoms with Crippen molar-refractivity contribution in [3.8, 4) is 0 Å². The van der Waals surface area contributed by atoms with Gasteiger partial charge in [0, 0.05) is 11.3 Å². The molecule has 2 atom stereocenters. The molecule has 0 heterocycles. The Morgan fingerprint density at radius 1 is 1.38 bits per heavy atom. The molecule has 1 aromatic carbocycles. The van der Waals surface area contributed by atoms with Crippen molar-refractivity contribution in [2.45, 2.75) is 30.6 Å². The third-order valence-corrected chi connectivity index (χ3v) is 4.63. The fourth-order valence-electron chi connectivity index (χ4n) is 2.40. The fraction of sp³-hybridized carbons (Fsp3) is 0.462. The lowest BCUT2D eigenvalue weighted by molar-refractivity contribution is -0.387. The van der Waals surface area contributed by atoms with Crippen LogP contribution in [0.3, 0.4) is 0 Å². The Morgan fingerprint density at radius 3 is 2.67 bits per heavy atom. The maximum atomic E-state index is 13.7. The molecule has 0 spiro atoms. The number of carbonyl (C=O) groups excluding carboxylic acids is 1. The number of thioether (sulfide) groups is 1. The van der Waals surface area contributed by atoms with Crippen molar-refractivity contribution >= 4 is 23.4 Å². The van der Waals surface area contributed by atoms with E-state index in [1.54, 1.807) is 11.8 Å². The monoisotopic (exact) mass is 316 g/mol. The summed E-state index contributed by atoms with van der Waals surface area (Å²) in [7, 11) is 0. The Balaban J connectivity index is 2.13. The molecule has 114 valence electrons. The summed E-state index contributed by atoms with van der Waals surface area (Å²) in [4.78, 5) is 21.4. The number of nitro groups is 1. The number of nitro benzene ring substituents is 1. The zero-order valence-corrected chi connectivity index (χ0v) is 12.1. The molecule has 1 saturated carbocycles. The zero-order chi connectivity index (χ0) is 15.6. The number of nitrogens with one attached hydrogen (secondary N) is 1. The minimum atomic E-state index is -1.22. The van der Waals surface area contributed by atoms with Crippen LogP contribution in [0.25, 0.3) is 0 Å². The first-order valence-corrected chi connectivity index (χ1v) is 7.68. The maximum Gasteiger partial charge on any atom is 0.307 e. The molecule has 5 nitrogen and oxygen atoms in total. The first-order chi connectivity index (χ1) is 9.92. The molecule has 1 aliphatic carbocycles. The van der Waals surface area contributed by atoms with Gasteiger partial charge in [0.05, 0.1) is 16.6 Å². The highest BCUT2D eigenvalue weighted by molar-refractivity contribution is 7.99. The number of nitrogens with zero attached hydrogens (tertiary/aromatic N) is 1. The second-order valence-electron chi connectivity index (χ2n) is 4.88. The molecule has 1 aliphatic rings. The van der Waals surface area contributed by atoms with Gasteiger partial charge in [-0.25, -0.2) is 4.39 Å². The molecule has 1 amide bonds. The number of halogens is 2. The van der Waals surface area contributed by atoms with Gasteiger partial charge in [-0.3, -0.25) is 14.9 Å². The van der Waals surface area contributed by atoms with Gasteiger partial charge in [-0.15, -0.1) is 0 Å². The highest BCUT2D eigenvalue weighted by Gasteiger charge is 2.27. The summed E-state index contributed by atoms with van der Waals surface area (Å²) in [6, 6.07) is 0.931. The molecule has 1 N–H and O–H groups in total. The van der Waals surface area contributed by atoms with Crippen LogP contribution in [0.2, 0.25) is 0 Å². The lowest BCUT2D eigenvalue weighted by atomic mass is 10.1. The van der Waals surface area contributed by atoms with E-state index in [-0.39, 0.29) is 6.04 Å². The molecule has 0 saturated heterocycles. The number of amides is 1. The third kappa shape index (κ3) is 3.49. The fourth-order valence-corrected chi connectivity index (χ4v) is 3.20. The van der Waals surface area contributed by atoms with Gasteiger partial charge < -0.3 is 5.32 Å². The van der Waals surface area contributed by atoms with Crippen LogP contribution in [0.15, 0.2) is 12.1 Å². The Morgan fingerprint density at radius 2 is 2.10 bits per heavy atom. The normalized spacial score (nSPS) is 21.3. The van der Waals surface area contributed by atoms with E-state index in [9.17, 15) is 23.7 Å². The molecular weight excluding hydrogens is 302 g/mol. The van der Waals surface area contributed by atoms with Gasteiger partial charge in [0.1, 0.15) is 5.82 Å². The molecule has 1 aromatic rings. The Labute approximate surface area is 124 Å². The summed E-state index contributed by atoms with van der Waals surface area (Å²) in [6.07, 6.45) is 4.52. The van der Waals surface area contributed by atoms with Crippen LogP contribution >= 0.6 is 11.8 Å². The average Bonchev–Trinajstić information content (AvgIpc) is 2.88. The van der Waals surface area contributed by atoms with Crippen molar-refractivity contribution in [2.75, 3.05) is 6.26 Å². The van der Waals surface area contributed by atoms with E-state index < -0.39 is 33.7 Å². The quantitative estimate of drug-likeness (QED) is 0.685. The SMILES string of the molecule is CS[C@@H]1CC[C@@H](NC(=O)c2cc(F)c([N+](=O)[O-])cc2F)C1. The van der Waals surface area contributed by atoms with Crippen LogP contribution < -0.4 is 5.32 Å². The first-order valence-electron chi connectivity index (χ1n) is 6.39. The molecule has 8 heteroatoms. The lowest BCUT2D eigenvalue weighted by Crippen LogP contribution is -2.33. The topological polar surface area (TPSA) is 72.2 Å². The van der Waals surface area contributed by atoms with E-state index in [4.69, 9.17) is 0 Å². The molecule has 21 heavy (non-hydrogen) atoms. The third-order valence-electron chi connectivity index (χ3n) is 3.53. The second kappa shape index (κ2) is 6.38. The van der Waals surface area contributed by atoms with Gasteiger partial charge in [-0.2, -0.15) is 16.2 Å². The van der Waals surface area contributed by atoms with E-state index in [2.05, 4.69) is 5.32 Å². The average molecular weight is 316 g/mol. The van der Waals surface area contributed by atoms with Gasteiger partial charge in [-0.1, -0.05) is 0 Å². The van der Waals surface area contributed by atoms with E-state index in [0.29, 0.717) is 17.4 Å². The van der Waals surface area contributed by atoms with Crippen molar-refractivity contribution in [2.24, 2.45) is 0 Å². The van der Waals surface area contributed by atoms with Gasteiger partial charge in [0.15, 0.2) is 0 Å². The molecule has 0 aromatic heterocycles. The van der Waals surface area contributed by atoms with E-state index in [0.717, 1.165) is 19.3 Å². The molecule has 0 unspecified atom stereocenters. The summed E-state index contributed by atoms with van der Waals surface area (Å²) in [5.74, 6) is -3.06. The first kappa shape index (κ1) is 15.7. The number of carbonyl (C=O) groups is 1. The maximum absolute atomic E-state index is 13.7. The van der Waals surface area contributed by atoms with Gasteiger partial charge >= 0.3 is 5.69 Å². The van der Waals surface area contributed by atoms with E-state index >= 15 is 0 Å². The van der Waals surface area contributed by atoms with Crippen LogP contribution in [0, 0.1) is 21.7 Å². The smallest absolute Gasteiger partial charge is 0.307 e. The van der Waals surface area contributed by atoms with Crippen LogP contribution in [0.4, 0.5) is 14.5 Å². The predicted molar refractivity (Wildman–Crippen MR) is 75.4 cm³/mol.